The molecule has 0 aliphatic rings. The highest BCUT2D eigenvalue weighted by Gasteiger charge is 2.19. The highest BCUT2D eigenvalue weighted by atomic mass is 16.6. The Hall–Kier alpha value is -4.19. The highest BCUT2D eigenvalue weighted by molar-refractivity contribution is 5.71. The van der Waals surface area contributed by atoms with E-state index in [1.807, 2.05) is 0 Å². The quantitative estimate of drug-likeness (QED) is 0.0261. The van der Waals surface area contributed by atoms with Gasteiger partial charge in [-0.2, -0.15) is 0 Å². The summed E-state index contributed by atoms with van der Waals surface area (Å²) >= 11 is 0. The van der Waals surface area contributed by atoms with Gasteiger partial charge in [-0.25, -0.2) is 0 Å². The summed E-state index contributed by atoms with van der Waals surface area (Å²) in [7, 11) is 0. The Morgan fingerprint density at radius 2 is 0.520 bits per heavy atom. The third-order valence-electron chi connectivity index (χ3n) is 13.0. The van der Waals surface area contributed by atoms with Gasteiger partial charge in [0.2, 0.25) is 0 Å². The zero-order chi connectivity index (χ0) is 54.3. The van der Waals surface area contributed by atoms with E-state index < -0.39 is 6.10 Å². The van der Waals surface area contributed by atoms with Crippen LogP contribution in [0.4, 0.5) is 0 Å². The van der Waals surface area contributed by atoms with Crippen molar-refractivity contribution in [3.8, 4) is 0 Å². The summed E-state index contributed by atoms with van der Waals surface area (Å²) in [5, 5.41) is 0. The molecule has 0 fully saturated rings. The molecule has 1 unspecified atom stereocenters. The fraction of sp³-hybridized carbons (Fsp3) is 0.667. The van der Waals surface area contributed by atoms with Crippen molar-refractivity contribution in [2.75, 3.05) is 13.2 Å². The number of hydrogen-bond acceptors (Lipinski definition) is 6. The maximum atomic E-state index is 12.8. The number of esters is 3. The molecular weight excluding hydrogens is 925 g/mol. The first-order chi connectivity index (χ1) is 37.0. The van der Waals surface area contributed by atoms with Gasteiger partial charge >= 0.3 is 17.9 Å². The zero-order valence-electron chi connectivity index (χ0n) is 48.8. The number of unbranched alkanes of at least 4 members (excludes halogenated alkanes) is 24. The fourth-order valence-corrected chi connectivity index (χ4v) is 8.31. The predicted octanol–water partition coefficient (Wildman–Crippen LogP) is 21.2. The van der Waals surface area contributed by atoms with Crippen molar-refractivity contribution >= 4 is 17.9 Å². The molecule has 0 heterocycles. The summed E-state index contributed by atoms with van der Waals surface area (Å²) in [6, 6.07) is 0. The number of carbonyl (C=O) groups is 3. The average Bonchev–Trinajstić information content (AvgIpc) is 3.41. The first kappa shape index (κ1) is 70.8. The molecule has 0 amide bonds. The van der Waals surface area contributed by atoms with Crippen molar-refractivity contribution in [1.29, 1.82) is 0 Å². The van der Waals surface area contributed by atoms with Crippen molar-refractivity contribution in [2.45, 2.75) is 284 Å². The molecule has 0 N–H and O–H groups in total. The molecule has 0 aromatic heterocycles. The Kier molecular flexibility index (Phi) is 58.9. The molecule has 0 spiro atoms. The van der Waals surface area contributed by atoms with Crippen molar-refractivity contribution in [2.24, 2.45) is 0 Å². The molecular formula is C69H114O6. The van der Waals surface area contributed by atoms with Crippen LogP contribution in [0, 0.1) is 0 Å². The van der Waals surface area contributed by atoms with Gasteiger partial charge in [-0.15, -0.1) is 0 Å². The van der Waals surface area contributed by atoms with Gasteiger partial charge in [-0.1, -0.05) is 264 Å². The monoisotopic (exact) mass is 1040 g/mol. The Morgan fingerprint density at radius 1 is 0.280 bits per heavy atom. The summed E-state index contributed by atoms with van der Waals surface area (Å²) < 4.78 is 16.8. The molecule has 0 aliphatic carbocycles. The van der Waals surface area contributed by atoms with Gasteiger partial charge in [-0.3, -0.25) is 14.4 Å². The van der Waals surface area contributed by atoms with E-state index in [1.165, 1.54) is 89.9 Å². The minimum Gasteiger partial charge on any atom is -0.462 e. The number of rotatable bonds is 55. The SMILES string of the molecule is CC/C=C\C/C=C\C/C=C\C/C=C\C/C=C\C/C=C\C/C=C\C/C=C\C/C=C\CCCCCCCC(=O)OCC(COC(=O)CCCCCCCCCCCCC)OC(=O)CCCCCCC/C=C\CCCCCC. The molecule has 0 aromatic rings. The standard InChI is InChI=1S/C69H114O6/c1-4-7-10-13-16-19-22-24-25-26-27-28-29-30-31-32-33-34-35-36-37-38-39-40-41-42-43-45-47-50-53-56-59-62-68(71)74-65-66(64-73-67(70)61-58-55-52-49-46-21-18-15-12-9-6-3)75-69(72)63-60-57-54-51-48-44-23-20-17-14-11-8-5-2/h7,10,16,19-20,23-25,27-28,30-31,33-34,36-37,39-40,42-43,66H,4-6,8-9,11-15,17-18,21-22,26,29,32,35,38,41,44-65H2,1-3H3/b10-7-,19-16-,23-20-,25-24-,28-27-,31-30-,34-33-,37-36-,40-39-,43-42-. The highest BCUT2D eigenvalue weighted by Crippen LogP contribution is 2.15. The maximum Gasteiger partial charge on any atom is 0.306 e. The van der Waals surface area contributed by atoms with Gasteiger partial charge in [0.15, 0.2) is 6.10 Å². The number of carbonyl (C=O) groups excluding carboxylic acids is 3. The smallest absolute Gasteiger partial charge is 0.306 e. The summed E-state index contributed by atoms with van der Waals surface area (Å²) in [5.41, 5.74) is 0. The largest absolute Gasteiger partial charge is 0.462 e. The summed E-state index contributed by atoms with van der Waals surface area (Å²) in [4.78, 5) is 38.1. The second-order valence-corrected chi connectivity index (χ2v) is 20.2. The fourth-order valence-electron chi connectivity index (χ4n) is 8.31. The van der Waals surface area contributed by atoms with E-state index in [4.69, 9.17) is 14.2 Å². The van der Waals surface area contributed by atoms with E-state index in [1.54, 1.807) is 0 Å². The maximum absolute atomic E-state index is 12.8. The molecule has 1 atom stereocenters. The van der Waals surface area contributed by atoms with Crippen molar-refractivity contribution in [3.05, 3.63) is 122 Å². The third-order valence-corrected chi connectivity index (χ3v) is 13.0. The lowest BCUT2D eigenvalue weighted by atomic mass is 10.1. The number of ether oxygens (including phenoxy) is 3. The molecule has 0 radical (unpaired) electrons. The molecule has 0 bridgehead atoms. The van der Waals surface area contributed by atoms with Crippen molar-refractivity contribution < 1.29 is 28.6 Å². The van der Waals surface area contributed by atoms with Crippen LogP contribution in [0.25, 0.3) is 0 Å². The summed E-state index contributed by atoms with van der Waals surface area (Å²) in [6.45, 7) is 6.48. The lowest BCUT2D eigenvalue weighted by molar-refractivity contribution is -0.167. The lowest BCUT2D eigenvalue weighted by Crippen LogP contribution is -2.30. The third kappa shape index (κ3) is 60.6. The van der Waals surface area contributed by atoms with Crippen molar-refractivity contribution in [3.63, 3.8) is 0 Å². The minimum absolute atomic E-state index is 0.0869. The van der Waals surface area contributed by atoms with Crippen LogP contribution in [0.5, 0.6) is 0 Å². The van der Waals surface area contributed by atoms with Gasteiger partial charge in [-0.05, 0) is 116 Å². The van der Waals surface area contributed by atoms with Gasteiger partial charge < -0.3 is 14.2 Å². The topological polar surface area (TPSA) is 78.9 Å². The number of allylic oxidation sites excluding steroid dienone is 20. The van der Waals surface area contributed by atoms with Crippen LogP contribution < -0.4 is 0 Å². The number of hydrogen-bond donors (Lipinski definition) is 0. The zero-order valence-corrected chi connectivity index (χ0v) is 48.8. The minimum atomic E-state index is -0.790. The Balaban J connectivity index is 4.26. The molecule has 0 aromatic carbocycles. The van der Waals surface area contributed by atoms with Crippen LogP contribution in [-0.4, -0.2) is 37.2 Å². The summed E-state index contributed by atoms with van der Waals surface area (Å²) in [6.07, 6.45) is 86.3. The first-order valence-electron chi connectivity index (χ1n) is 31.0. The van der Waals surface area contributed by atoms with Crippen LogP contribution in [0.2, 0.25) is 0 Å². The average molecular weight is 1040 g/mol. The van der Waals surface area contributed by atoms with Crippen molar-refractivity contribution in [1.82, 2.24) is 0 Å². The second kappa shape index (κ2) is 62.4. The predicted molar refractivity (Wildman–Crippen MR) is 325 cm³/mol. The lowest BCUT2D eigenvalue weighted by Gasteiger charge is -2.18. The first-order valence-corrected chi connectivity index (χ1v) is 31.0. The van der Waals surface area contributed by atoms with Gasteiger partial charge in [0.05, 0.1) is 0 Å². The summed E-state index contributed by atoms with van der Waals surface area (Å²) in [5.74, 6) is -0.915. The van der Waals surface area contributed by atoms with Gasteiger partial charge in [0, 0.05) is 19.3 Å². The molecule has 6 heteroatoms. The van der Waals surface area contributed by atoms with Gasteiger partial charge in [0.1, 0.15) is 13.2 Å². The molecule has 0 saturated heterocycles. The van der Waals surface area contributed by atoms with E-state index >= 15 is 0 Å². The van der Waals surface area contributed by atoms with E-state index in [9.17, 15) is 14.4 Å². The Labute approximate surface area is 462 Å². The molecule has 0 rings (SSSR count). The molecule has 426 valence electrons. The van der Waals surface area contributed by atoms with Crippen LogP contribution in [-0.2, 0) is 28.6 Å². The van der Waals surface area contributed by atoms with Gasteiger partial charge in [0.25, 0.3) is 0 Å². The van der Waals surface area contributed by atoms with E-state index in [2.05, 4.69) is 142 Å². The van der Waals surface area contributed by atoms with E-state index in [-0.39, 0.29) is 31.1 Å². The van der Waals surface area contributed by atoms with Crippen LogP contribution >= 0.6 is 0 Å². The van der Waals surface area contributed by atoms with Crippen LogP contribution in [0.1, 0.15) is 278 Å². The van der Waals surface area contributed by atoms with E-state index in [0.29, 0.717) is 19.3 Å². The molecule has 0 saturated carbocycles. The second-order valence-electron chi connectivity index (χ2n) is 20.2. The van der Waals surface area contributed by atoms with Crippen LogP contribution in [0.15, 0.2) is 122 Å². The van der Waals surface area contributed by atoms with Crippen LogP contribution in [0.3, 0.4) is 0 Å². The molecule has 75 heavy (non-hydrogen) atoms. The normalized spacial score (nSPS) is 12.9. The van der Waals surface area contributed by atoms with E-state index in [0.717, 1.165) is 148 Å². The Morgan fingerprint density at radius 3 is 0.840 bits per heavy atom. The molecule has 0 aliphatic heterocycles. The Bertz CT molecular complexity index is 1570. The molecule has 6 nitrogen and oxygen atoms in total.